The van der Waals surface area contributed by atoms with Crippen molar-refractivity contribution in [3.8, 4) is 0 Å². The molecule has 3 N–H and O–H groups in total. The minimum Gasteiger partial charge on any atom is -0.832 e. The van der Waals surface area contributed by atoms with Crippen LogP contribution < -0.4 is 34.6 Å². The zero-order valence-corrected chi connectivity index (χ0v) is 11.2. The molecule has 0 unspecified atom stereocenters. The first-order valence-corrected chi connectivity index (χ1v) is 4.09. The van der Waals surface area contributed by atoms with Gasteiger partial charge in [-0.25, -0.2) is 9.59 Å². The monoisotopic (exact) mass is 330 g/mol. The maximum Gasteiger partial charge on any atom is 1.00 e. The van der Waals surface area contributed by atoms with Crippen molar-refractivity contribution in [1.29, 1.82) is 0 Å². The zero-order chi connectivity index (χ0) is 10.9. The summed E-state index contributed by atoms with van der Waals surface area (Å²) in [6.45, 7) is 0. The Morgan fingerprint density at radius 2 is 1.79 bits per heavy atom. The third-order valence-corrected chi connectivity index (χ3v) is 0.608. The third kappa shape index (κ3) is 22.9. The quantitative estimate of drug-likeness (QED) is 0.114. The van der Waals surface area contributed by atoms with Crippen LogP contribution in [0.3, 0.4) is 0 Å². The molecule has 14 heavy (non-hydrogen) atoms. The van der Waals surface area contributed by atoms with E-state index in [0.717, 1.165) is 0 Å². The molecule has 0 aromatic rings. The molecular weight excluding hydrogens is 325 g/mol. The van der Waals surface area contributed by atoms with Gasteiger partial charge in [0.05, 0.1) is 0 Å². The van der Waals surface area contributed by atoms with E-state index in [0.29, 0.717) is 0 Å². The molecule has 76 valence electrons. The van der Waals surface area contributed by atoms with Crippen molar-refractivity contribution >= 4 is 41.9 Å². The van der Waals surface area contributed by atoms with E-state index in [-0.39, 0.29) is 34.2 Å². The molecule has 8 nitrogen and oxygen atoms in total. The summed E-state index contributed by atoms with van der Waals surface area (Å²) >= 11 is 1.75. The van der Waals surface area contributed by atoms with Gasteiger partial charge in [0.25, 0.3) is 0 Å². The largest absolute Gasteiger partial charge is 1.00 e. The van der Waals surface area contributed by atoms with Crippen molar-refractivity contribution in [3.63, 3.8) is 0 Å². The summed E-state index contributed by atoms with van der Waals surface area (Å²) in [7, 11) is -2.42. The van der Waals surface area contributed by atoms with Gasteiger partial charge in [-0.15, -0.1) is 0 Å². The summed E-state index contributed by atoms with van der Waals surface area (Å²) in [6.07, 6.45) is 0. The topological polar surface area (TPSA) is 136 Å². The number of halogens is 1. The summed E-state index contributed by atoms with van der Waals surface area (Å²) in [5.74, 6) is -3.08. The summed E-state index contributed by atoms with van der Waals surface area (Å²) in [6, 6.07) is 0. The first-order valence-electron chi connectivity index (χ1n) is 2.56. The van der Waals surface area contributed by atoms with Crippen LogP contribution in [0.15, 0.2) is 0 Å². The Morgan fingerprint density at radius 1 is 1.43 bits per heavy atom. The van der Waals surface area contributed by atoms with Gasteiger partial charge in [-0.1, -0.05) is 22.6 Å². The molecule has 0 aromatic carbocycles. The van der Waals surface area contributed by atoms with Gasteiger partial charge in [-0.3, -0.25) is 4.89 Å². The molecule has 0 saturated heterocycles. The molecule has 0 rings (SSSR count). The number of hydrogen-bond donors (Lipinski definition) is 3. The summed E-state index contributed by atoms with van der Waals surface area (Å²) in [5, 5.41) is 30.6. The predicted octanol–water partition coefficient (Wildman–Crippen LogP) is -5.74. The molecule has 0 saturated carbocycles. The fourth-order valence-electron chi connectivity index (χ4n) is 0.111. The van der Waals surface area contributed by atoms with Gasteiger partial charge in [0.1, 0.15) is 4.61 Å². The number of carbonyl (C=O) groups excluding carboxylic acids is 1. The molecule has 0 radical (unpaired) electrons. The van der Waals surface area contributed by atoms with E-state index in [1.807, 2.05) is 0 Å². The van der Waals surface area contributed by atoms with Crippen LogP contribution in [0.4, 0.5) is 0 Å². The second-order valence-electron chi connectivity index (χ2n) is 1.23. The van der Waals surface area contributed by atoms with Gasteiger partial charge >= 0.3 is 48.8 Å². The standard InChI is InChI=1S/C3H3IO5.BH2O3.Na/c4-1-8-9-3(7)2(5)6;2-1(3)4;/h1H2,(H,5,6);2-3H;/q;-1;+1. The average molecular weight is 330 g/mol. The number of carboxylic acids is 1. The molecule has 0 bridgehead atoms. The van der Waals surface area contributed by atoms with Gasteiger partial charge in [-0.2, -0.15) is 4.89 Å². The summed E-state index contributed by atoms with van der Waals surface area (Å²) < 4.78 is 0.108. The third-order valence-electron chi connectivity index (χ3n) is 0.354. The minimum absolute atomic E-state index is 0. The maximum atomic E-state index is 9.95. The van der Waals surface area contributed by atoms with Gasteiger partial charge in [0, 0.05) is 0 Å². The van der Waals surface area contributed by atoms with Crippen LogP contribution in [0.25, 0.3) is 0 Å². The number of carboxylic acid groups (broad SMARTS) is 1. The average Bonchev–Trinajstić information content (AvgIpc) is 1.98. The molecule has 0 aliphatic rings. The molecule has 0 spiro atoms. The number of rotatable bonds is 2. The smallest absolute Gasteiger partial charge is 0.832 e. The number of alkyl halides is 1. The van der Waals surface area contributed by atoms with Crippen molar-refractivity contribution in [3.05, 3.63) is 0 Å². The number of hydrogen-bond acceptors (Lipinski definition) is 7. The Hall–Kier alpha value is 0.575. The molecule has 0 aliphatic carbocycles. The molecule has 0 heterocycles. The van der Waals surface area contributed by atoms with E-state index in [1.54, 1.807) is 22.6 Å². The van der Waals surface area contributed by atoms with Gasteiger partial charge in [0.2, 0.25) is 0 Å². The Balaban J connectivity index is -0.000000209. The van der Waals surface area contributed by atoms with E-state index in [1.165, 1.54) is 0 Å². The number of carbonyl (C=O) groups is 2. The van der Waals surface area contributed by atoms with Crippen molar-refractivity contribution < 1.29 is 69.1 Å². The predicted molar refractivity (Wildman–Crippen MR) is 43.9 cm³/mol. The molecule has 0 aromatic heterocycles. The minimum atomic E-state index is -2.42. The normalized spacial score (nSPS) is 7.43. The fraction of sp³-hybridized carbons (Fsp3) is 0.333. The van der Waals surface area contributed by atoms with Crippen molar-refractivity contribution in [2.75, 3.05) is 4.61 Å². The zero-order valence-electron chi connectivity index (χ0n) is 7.05. The second-order valence-corrected chi connectivity index (χ2v) is 1.85. The van der Waals surface area contributed by atoms with Crippen molar-refractivity contribution in [2.24, 2.45) is 0 Å². The van der Waals surface area contributed by atoms with Crippen LogP contribution >= 0.6 is 22.6 Å². The van der Waals surface area contributed by atoms with Crippen LogP contribution in [0.5, 0.6) is 0 Å². The Labute approximate surface area is 115 Å². The molecule has 11 heteroatoms. The first kappa shape index (κ1) is 20.0. The molecule has 0 aliphatic heterocycles. The Morgan fingerprint density at radius 3 is 2.00 bits per heavy atom. The molecular formula is C3H5BINaO8. The van der Waals surface area contributed by atoms with E-state index in [9.17, 15) is 9.59 Å². The second kappa shape index (κ2) is 13.6. The van der Waals surface area contributed by atoms with Gasteiger partial charge in [0.15, 0.2) is 0 Å². The first-order chi connectivity index (χ1) is 5.91. The SMILES string of the molecule is O=C(O)C(=O)OOCI.[Na+].[O-]B(O)O. The summed E-state index contributed by atoms with van der Waals surface area (Å²) in [5.41, 5.74) is 0. The van der Waals surface area contributed by atoms with Crippen LogP contribution in [0.2, 0.25) is 0 Å². The molecule has 0 atom stereocenters. The van der Waals surface area contributed by atoms with E-state index < -0.39 is 19.3 Å². The van der Waals surface area contributed by atoms with Gasteiger partial charge in [-0.05, 0) is 0 Å². The fourth-order valence-corrected chi connectivity index (χ4v) is 0.239. The summed E-state index contributed by atoms with van der Waals surface area (Å²) in [4.78, 5) is 27.3. The van der Waals surface area contributed by atoms with Crippen LogP contribution in [-0.4, -0.2) is 39.0 Å². The van der Waals surface area contributed by atoms with Gasteiger partial charge < -0.3 is 20.2 Å². The Kier molecular flexibility index (Phi) is 19.4. The molecule has 0 amide bonds. The Bertz CT molecular complexity index is 162. The van der Waals surface area contributed by atoms with Crippen LogP contribution in [-0.2, 0) is 19.4 Å². The van der Waals surface area contributed by atoms with Crippen molar-refractivity contribution in [1.82, 2.24) is 0 Å². The molecule has 0 fully saturated rings. The van der Waals surface area contributed by atoms with E-state index in [4.69, 9.17) is 20.2 Å². The number of aliphatic carboxylic acids is 1. The van der Waals surface area contributed by atoms with Crippen molar-refractivity contribution in [2.45, 2.75) is 0 Å². The van der Waals surface area contributed by atoms with Crippen LogP contribution in [0.1, 0.15) is 0 Å². The van der Waals surface area contributed by atoms with Crippen LogP contribution in [0, 0.1) is 0 Å². The van der Waals surface area contributed by atoms with E-state index in [2.05, 4.69) is 9.78 Å². The van der Waals surface area contributed by atoms with E-state index >= 15 is 0 Å². The maximum absolute atomic E-state index is 9.95.